The Bertz CT molecular complexity index is 494. The molecule has 0 saturated carbocycles. The molecule has 0 atom stereocenters. The van der Waals surface area contributed by atoms with Crippen molar-refractivity contribution in [1.82, 2.24) is 10.2 Å². The van der Waals surface area contributed by atoms with E-state index >= 15 is 0 Å². The average molecular weight is 300 g/mol. The van der Waals surface area contributed by atoms with Crippen molar-refractivity contribution in [3.63, 3.8) is 0 Å². The molecule has 2 amide bonds. The Labute approximate surface area is 122 Å². The van der Waals surface area contributed by atoms with E-state index in [1.807, 2.05) is 0 Å². The van der Waals surface area contributed by atoms with Gasteiger partial charge in [0.15, 0.2) is 0 Å². The van der Waals surface area contributed by atoms with E-state index in [1.165, 1.54) is 11.0 Å². The summed E-state index contributed by atoms with van der Waals surface area (Å²) in [5, 5.41) is 2.95. The van der Waals surface area contributed by atoms with Crippen LogP contribution >= 0.6 is 11.6 Å². The molecule has 1 rings (SSSR count). The zero-order valence-corrected chi connectivity index (χ0v) is 12.2. The summed E-state index contributed by atoms with van der Waals surface area (Å²) >= 11 is 5.86. The van der Waals surface area contributed by atoms with Crippen LogP contribution in [0.3, 0.4) is 0 Å². The zero-order chi connectivity index (χ0) is 15.1. The number of benzene rings is 1. The Morgan fingerprint density at radius 3 is 2.75 bits per heavy atom. The van der Waals surface area contributed by atoms with Gasteiger partial charge in [-0.2, -0.15) is 0 Å². The van der Waals surface area contributed by atoms with E-state index in [2.05, 4.69) is 5.32 Å². The van der Waals surface area contributed by atoms with Gasteiger partial charge in [0.1, 0.15) is 0 Å². The lowest BCUT2D eigenvalue weighted by Gasteiger charge is -2.17. The highest BCUT2D eigenvalue weighted by molar-refractivity contribution is 6.33. The van der Waals surface area contributed by atoms with Crippen LogP contribution in [-0.2, 0) is 9.53 Å². The number of nitrogens with zero attached hydrogens (tertiary/aromatic N) is 1. The highest BCUT2D eigenvalue weighted by Gasteiger charge is 2.15. The van der Waals surface area contributed by atoms with E-state index in [9.17, 15) is 9.59 Å². The molecule has 6 nitrogen and oxygen atoms in total. The molecule has 0 aliphatic heterocycles. The molecule has 0 radical (unpaired) electrons. The number of ether oxygens (including phenoxy) is 1. The Hall–Kier alpha value is -1.79. The smallest absolute Gasteiger partial charge is 0.254 e. The summed E-state index contributed by atoms with van der Waals surface area (Å²) in [6, 6.07) is 4.61. The summed E-state index contributed by atoms with van der Waals surface area (Å²) in [6.07, 6.45) is 0. The number of carbonyl (C=O) groups excluding carboxylic acids is 2. The number of carbonyl (C=O) groups is 2. The molecule has 0 aliphatic rings. The van der Waals surface area contributed by atoms with Crippen molar-refractivity contribution in [2.75, 3.05) is 39.6 Å². The summed E-state index contributed by atoms with van der Waals surface area (Å²) in [7, 11) is 3.09. The van der Waals surface area contributed by atoms with Gasteiger partial charge in [0.25, 0.3) is 5.91 Å². The number of rotatable bonds is 6. The van der Waals surface area contributed by atoms with Crippen molar-refractivity contribution in [1.29, 1.82) is 0 Å². The number of methoxy groups -OCH3 is 1. The Balaban J connectivity index is 2.58. The molecule has 1 aromatic carbocycles. The lowest BCUT2D eigenvalue weighted by atomic mass is 10.2. The normalized spacial score (nSPS) is 10.2. The van der Waals surface area contributed by atoms with Crippen molar-refractivity contribution >= 4 is 29.1 Å². The van der Waals surface area contributed by atoms with Crippen molar-refractivity contribution in [2.24, 2.45) is 0 Å². The Morgan fingerprint density at radius 2 is 2.15 bits per heavy atom. The first-order chi connectivity index (χ1) is 9.45. The molecule has 0 fully saturated rings. The first-order valence-electron chi connectivity index (χ1n) is 6.02. The molecule has 0 unspecified atom stereocenters. The number of anilines is 1. The van der Waals surface area contributed by atoms with Crippen LogP contribution in [0.15, 0.2) is 18.2 Å². The Kier molecular flexibility index (Phi) is 6.27. The maximum absolute atomic E-state index is 12.1. The standard InChI is InChI=1S/C13H18ClN3O3/c1-17(8-12(18)16-5-6-20-2)13(19)9-3-4-11(15)10(14)7-9/h3-4,7H,5-6,8,15H2,1-2H3,(H,16,18). The van der Waals surface area contributed by atoms with Crippen molar-refractivity contribution in [2.45, 2.75) is 0 Å². The minimum Gasteiger partial charge on any atom is -0.398 e. The third-order valence-electron chi connectivity index (χ3n) is 2.60. The maximum atomic E-state index is 12.1. The molecule has 7 heteroatoms. The number of likely N-dealkylation sites (N-methyl/N-ethyl adjacent to an activating group) is 1. The number of nitrogens with two attached hydrogens (primary N) is 1. The highest BCUT2D eigenvalue weighted by Crippen LogP contribution is 2.20. The summed E-state index contributed by atoms with van der Waals surface area (Å²) in [6.45, 7) is 0.798. The van der Waals surface area contributed by atoms with Crippen LogP contribution in [0.1, 0.15) is 10.4 Å². The summed E-state index contributed by atoms with van der Waals surface area (Å²) < 4.78 is 4.82. The quantitative estimate of drug-likeness (QED) is 0.600. The lowest BCUT2D eigenvalue weighted by Crippen LogP contribution is -2.39. The first-order valence-corrected chi connectivity index (χ1v) is 6.39. The van der Waals surface area contributed by atoms with Crippen LogP contribution in [0.2, 0.25) is 5.02 Å². The molecular formula is C13H18ClN3O3. The minimum atomic E-state index is -0.297. The number of nitrogens with one attached hydrogen (secondary N) is 1. The number of hydrogen-bond acceptors (Lipinski definition) is 4. The molecule has 0 aromatic heterocycles. The average Bonchev–Trinajstić information content (AvgIpc) is 2.41. The van der Waals surface area contributed by atoms with Gasteiger partial charge in [-0.3, -0.25) is 9.59 Å². The van der Waals surface area contributed by atoms with E-state index in [-0.39, 0.29) is 18.4 Å². The Morgan fingerprint density at radius 1 is 1.45 bits per heavy atom. The van der Waals surface area contributed by atoms with Crippen LogP contribution in [0.25, 0.3) is 0 Å². The van der Waals surface area contributed by atoms with Crippen molar-refractivity contribution < 1.29 is 14.3 Å². The van der Waals surface area contributed by atoms with Gasteiger partial charge in [-0.1, -0.05) is 11.6 Å². The number of halogens is 1. The van der Waals surface area contributed by atoms with Crippen LogP contribution in [0, 0.1) is 0 Å². The molecule has 3 N–H and O–H groups in total. The second kappa shape index (κ2) is 7.72. The van der Waals surface area contributed by atoms with Gasteiger partial charge in [0, 0.05) is 26.3 Å². The topological polar surface area (TPSA) is 84.7 Å². The fourth-order valence-corrected chi connectivity index (χ4v) is 1.70. The number of nitrogen functional groups attached to an aromatic ring is 1. The highest BCUT2D eigenvalue weighted by atomic mass is 35.5. The summed E-state index contributed by atoms with van der Waals surface area (Å²) in [5.41, 5.74) is 6.37. The van der Waals surface area contributed by atoms with Gasteiger partial charge in [-0.15, -0.1) is 0 Å². The van der Waals surface area contributed by atoms with Crippen LogP contribution in [0.4, 0.5) is 5.69 Å². The molecule has 0 heterocycles. The number of amides is 2. The van der Waals surface area contributed by atoms with Gasteiger partial charge in [0.2, 0.25) is 5.91 Å². The van der Waals surface area contributed by atoms with Crippen LogP contribution < -0.4 is 11.1 Å². The molecule has 0 spiro atoms. The van der Waals surface area contributed by atoms with Gasteiger partial charge < -0.3 is 20.7 Å². The largest absolute Gasteiger partial charge is 0.398 e. The van der Waals surface area contributed by atoms with Crippen molar-refractivity contribution in [3.05, 3.63) is 28.8 Å². The molecule has 0 saturated heterocycles. The first kappa shape index (κ1) is 16.3. The van der Waals surface area contributed by atoms with Gasteiger partial charge in [0.05, 0.1) is 23.9 Å². The molecular weight excluding hydrogens is 282 g/mol. The third-order valence-corrected chi connectivity index (χ3v) is 2.93. The predicted molar refractivity (Wildman–Crippen MR) is 77.7 cm³/mol. The summed E-state index contributed by atoms with van der Waals surface area (Å²) in [4.78, 5) is 25.0. The third kappa shape index (κ3) is 4.71. The lowest BCUT2D eigenvalue weighted by molar-refractivity contribution is -0.121. The second-order valence-electron chi connectivity index (χ2n) is 4.24. The molecule has 0 bridgehead atoms. The second-order valence-corrected chi connectivity index (χ2v) is 4.65. The summed E-state index contributed by atoms with van der Waals surface area (Å²) in [5.74, 6) is -0.548. The van der Waals surface area contributed by atoms with Gasteiger partial charge in [-0.05, 0) is 18.2 Å². The SMILES string of the molecule is COCCNC(=O)CN(C)C(=O)c1ccc(N)c(Cl)c1. The van der Waals surface area contributed by atoms with E-state index in [1.54, 1.807) is 26.3 Å². The fraction of sp³-hybridized carbons (Fsp3) is 0.385. The van der Waals surface area contributed by atoms with E-state index in [4.69, 9.17) is 22.1 Å². The molecule has 110 valence electrons. The van der Waals surface area contributed by atoms with Crippen LogP contribution in [-0.4, -0.2) is 50.6 Å². The molecule has 1 aromatic rings. The van der Waals surface area contributed by atoms with E-state index < -0.39 is 0 Å². The van der Waals surface area contributed by atoms with Crippen molar-refractivity contribution in [3.8, 4) is 0 Å². The predicted octanol–water partition coefficient (Wildman–Crippen LogP) is 0.757. The van der Waals surface area contributed by atoms with Crippen LogP contribution in [0.5, 0.6) is 0 Å². The molecule has 0 aliphatic carbocycles. The van der Waals surface area contributed by atoms with Gasteiger partial charge in [-0.25, -0.2) is 0 Å². The fourth-order valence-electron chi connectivity index (χ4n) is 1.52. The molecule has 20 heavy (non-hydrogen) atoms. The zero-order valence-electron chi connectivity index (χ0n) is 11.5. The van der Waals surface area contributed by atoms with E-state index in [0.29, 0.717) is 29.4 Å². The van der Waals surface area contributed by atoms with Gasteiger partial charge >= 0.3 is 0 Å². The maximum Gasteiger partial charge on any atom is 0.254 e. The number of hydrogen-bond donors (Lipinski definition) is 2. The minimum absolute atomic E-state index is 0.0372. The monoisotopic (exact) mass is 299 g/mol. The van der Waals surface area contributed by atoms with E-state index in [0.717, 1.165) is 0 Å².